The van der Waals surface area contributed by atoms with Crippen molar-refractivity contribution in [1.29, 1.82) is 0 Å². The van der Waals surface area contributed by atoms with Gasteiger partial charge in [0, 0.05) is 17.7 Å². The number of hydrogen-bond acceptors (Lipinski definition) is 5. The number of halogens is 3. The second-order valence-corrected chi connectivity index (χ2v) is 8.17. The van der Waals surface area contributed by atoms with E-state index in [4.69, 9.17) is 5.73 Å². The number of rotatable bonds is 8. The molecule has 8 nitrogen and oxygen atoms in total. The SMILES string of the molecule is NCCCNC(=O)c1ccc(-c2cc(C(=O)O)cc(-n3cc(-c4ccc(C(F)(F)F)cc4)nn3)c2)cc1. The zero-order chi connectivity index (χ0) is 26.6. The molecule has 1 aromatic heterocycles. The van der Waals surface area contributed by atoms with Crippen molar-refractivity contribution in [2.24, 2.45) is 5.73 Å². The summed E-state index contributed by atoms with van der Waals surface area (Å²) in [7, 11) is 0. The van der Waals surface area contributed by atoms with Crippen molar-refractivity contribution in [2.45, 2.75) is 12.6 Å². The highest BCUT2D eigenvalue weighted by atomic mass is 19.4. The standard InChI is InChI=1S/C26H22F3N5O3/c27-26(28,29)21-8-6-17(7-9-21)23-15-34(33-32-23)22-13-19(12-20(14-22)25(36)37)16-2-4-18(5-3-16)24(35)31-11-1-10-30/h2-9,12-15H,1,10-11,30H2,(H,31,35)(H,36,37). The third kappa shape index (κ3) is 6.01. The van der Waals surface area contributed by atoms with Crippen molar-refractivity contribution in [3.05, 3.63) is 89.6 Å². The van der Waals surface area contributed by atoms with Gasteiger partial charge in [0.2, 0.25) is 0 Å². The summed E-state index contributed by atoms with van der Waals surface area (Å²) >= 11 is 0. The van der Waals surface area contributed by atoms with Gasteiger partial charge in [0.25, 0.3) is 5.91 Å². The highest BCUT2D eigenvalue weighted by Crippen LogP contribution is 2.31. The predicted octanol–water partition coefficient (Wildman–Crippen LogP) is 4.40. The first kappa shape index (κ1) is 25.6. The van der Waals surface area contributed by atoms with Gasteiger partial charge in [-0.1, -0.05) is 29.5 Å². The molecule has 0 aliphatic carbocycles. The van der Waals surface area contributed by atoms with E-state index in [2.05, 4.69) is 15.6 Å². The third-order valence-corrected chi connectivity index (χ3v) is 5.58. The molecule has 11 heteroatoms. The maximum absolute atomic E-state index is 12.8. The molecule has 0 saturated heterocycles. The van der Waals surface area contributed by atoms with Crippen molar-refractivity contribution in [2.75, 3.05) is 13.1 Å². The monoisotopic (exact) mass is 509 g/mol. The number of carbonyl (C=O) groups is 2. The van der Waals surface area contributed by atoms with Crippen LogP contribution in [0.3, 0.4) is 0 Å². The van der Waals surface area contributed by atoms with Crippen molar-refractivity contribution >= 4 is 11.9 Å². The second kappa shape index (κ2) is 10.6. The van der Waals surface area contributed by atoms with Gasteiger partial charge >= 0.3 is 12.1 Å². The van der Waals surface area contributed by atoms with Gasteiger partial charge in [-0.2, -0.15) is 13.2 Å². The van der Waals surface area contributed by atoms with Crippen molar-refractivity contribution < 1.29 is 27.9 Å². The predicted molar refractivity (Wildman–Crippen MR) is 130 cm³/mol. The summed E-state index contributed by atoms with van der Waals surface area (Å²) < 4.78 is 39.9. The molecule has 0 atom stereocenters. The number of benzene rings is 3. The molecule has 0 spiro atoms. The third-order valence-electron chi connectivity index (χ3n) is 5.58. The molecule has 3 aromatic carbocycles. The molecule has 0 bridgehead atoms. The molecule has 0 saturated carbocycles. The first-order chi connectivity index (χ1) is 17.7. The molecular formula is C26H22F3N5O3. The van der Waals surface area contributed by atoms with Crippen molar-refractivity contribution in [3.8, 4) is 28.1 Å². The number of amides is 1. The highest BCUT2D eigenvalue weighted by molar-refractivity contribution is 5.95. The van der Waals surface area contributed by atoms with Gasteiger partial charge in [0.05, 0.1) is 23.0 Å². The van der Waals surface area contributed by atoms with Crippen LogP contribution >= 0.6 is 0 Å². The fourth-order valence-electron chi connectivity index (χ4n) is 3.61. The molecule has 0 fully saturated rings. The average molecular weight is 509 g/mol. The van der Waals surface area contributed by atoms with Crippen LogP contribution in [-0.2, 0) is 6.18 Å². The summed E-state index contributed by atoms with van der Waals surface area (Å²) in [6.45, 7) is 0.937. The van der Waals surface area contributed by atoms with E-state index in [0.717, 1.165) is 12.1 Å². The van der Waals surface area contributed by atoms with E-state index in [1.54, 1.807) is 30.3 Å². The number of alkyl halides is 3. The van der Waals surface area contributed by atoms with Crippen LogP contribution in [0.2, 0.25) is 0 Å². The van der Waals surface area contributed by atoms with Gasteiger partial charge in [-0.25, -0.2) is 9.48 Å². The van der Waals surface area contributed by atoms with Gasteiger partial charge in [-0.05, 0) is 66.6 Å². The van der Waals surface area contributed by atoms with Gasteiger partial charge in [0.1, 0.15) is 5.69 Å². The normalized spacial score (nSPS) is 11.4. The molecular weight excluding hydrogens is 487 g/mol. The topological polar surface area (TPSA) is 123 Å². The molecule has 0 aliphatic heterocycles. The summed E-state index contributed by atoms with van der Waals surface area (Å²) in [6, 6.07) is 15.8. The Balaban J connectivity index is 1.62. The Morgan fingerprint density at radius 3 is 2.22 bits per heavy atom. The average Bonchev–Trinajstić information content (AvgIpc) is 3.39. The van der Waals surface area contributed by atoms with Crippen molar-refractivity contribution in [3.63, 3.8) is 0 Å². The number of aromatic nitrogens is 3. The van der Waals surface area contributed by atoms with E-state index < -0.39 is 17.7 Å². The van der Waals surface area contributed by atoms with Crippen molar-refractivity contribution in [1.82, 2.24) is 20.3 Å². The molecule has 190 valence electrons. The van der Waals surface area contributed by atoms with E-state index in [1.807, 2.05) is 0 Å². The lowest BCUT2D eigenvalue weighted by molar-refractivity contribution is -0.137. The first-order valence-electron chi connectivity index (χ1n) is 11.2. The summed E-state index contributed by atoms with van der Waals surface area (Å²) in [5.74, 6) is -1.39. The van der Waals surface area contributed by atoms with Crippen LogP contribution in [0.15, 0.2) is 72.9 Å². The van der Waals surface area contributed by atoms with E-state index in [1.165, 1.54) is 35.1 Å². The minimum absolute atomic E-state index is 0.00249. The molecule has 0 unspecified atom stereocenters. The molecule has 0 radical (unpaired) electrons. The van der Waals surface area contributed by atoms with E-state index in [-0.39, 0.29) is 11.5 Å². The Hall–Kier alpha value is -4.51. The van der Waals surface area contributed by atoms with Crippen LogP contribution in [0.4, 0.5) is 13.2 Å². The smallest absolute Gasteiger partial charge is 0.416 e. The number of nitrogens with zero attached hydrogens (tertiary/aromatic N) is 3. The van der Waals surface area contributed by atoms with Crippen LogP contribution in [0.25, 0.3) is 28.1 Å². The molecule has 1 amide bonds. The Labute approximate surface area is 209 Å². The lowest BCUT2D eigenvalue weighted by Gasteiger charge is -2.09. The van der Waals surface area contributed by atoms with Crippen LogP contribution in [0, 0.1) is 0 Å². The minimum atomic E-state index is -4.45. The molecule has 4 aromatic rings. The number of carboxylic acids is 1. The lowest BCUT2D eigenvalue weighted by atomic mass is 10.0. The van der Waals surface area contributed by atoms with E-state index in [9.17, 15) is 27.9 Å². The van der Waals surface area contributed by atoms with Gasteiger partial charge in [0.15, 0.2) is 0 Å². The Bertz CT molecular complexity index is 1410. The molecule has 1 heterocycles. The zero-order valence-electron chi connectivity index (χ0n) is 19.4. The fourth-order valence-corrected chi connectivity index (χ4v) is 3.61. The van der Waals surface area contributed by atoms with Crippen LogP contribution in [0.5, 0.6) is 0 Å². The van der Waals surface area contributed by atoms with Gasteiger partial charge in [-0.15, -0.1) is 5.10 Å². The second-order valence-electron chi connectivity index (χ2n) is 8.17. The zero-order valence-corrected chi connectivity index (χ0v) is 19.4. The number of carbonyl (C=O) groups excluding carboxylic acids is 1. The maximum atomic E-state index is 12.8. The Morgan fingerprint density at radius 2 is 1.59 bits per heavy atom. The number of carboxylic acid groups (broad SMARTS) is 1. The summed E-state index contributed by atoms with van der Waals surface area (Å²) in [5.41, 5.74) is 7.49. The first-order valence-corrected chi connectivity index (χ1v) is 11.2. The Kier molecular flexibility index (Phi) is 7.35. The molecule has 4 N–H and O–H groups in total. The summed E-state index contributed by atoms with van der Waals surface area (Å²) in [6.07, 6.45) is -2.28. The minimum Gasteiger partial charge on any atom is -0.478 e. The van der Waals surface area contributed by atoms with Gasteiger partial charge < -0.3 is 16.2 Å². The molecule has 0 aliphatic rings. The summed E-state index contributed by atoms with van der Waals surface area (Å²) in [4.78, 5) is 24.0. The highest BCUT2D eigenvalue weighted by Gasteiger charge is 2.30. The number of nitrogens with one attached hydrogen (secondary N) is 1. The summed E-state index contributed by atoms with van der Waals surface area (Å²) in [5, 5.41) is 20.4. The van der Waals surface area contributed by atoms with Crippen LogP contribution in [0.1, 0.15) is 32.7 Å². The number of hydrogen-bond donors (Lipinski definition) is 3. The van der Waals surface area contributed by atoms with Gasteiger partial charge in [-0.3, -0.25) is 4.79 Å². The lowest BCUT2D eigenvalue weighted by Crippen LogP contribution is -2.25. The fraction of sp³-hybridized carbons (Fsp3) is 0.154. The van der Waals surface area contributed by atoms with Crippen LogP contribution < -0.4 is 11.1 Å². The largest absolute Gasteiger partial charge is 0.478 e. The Morgan fingerprint density at radius 1 is 0.919 bits per heavy atom. The van der Waals surface area contributed by atoms with Crippen LogP contribution in [-0.4, -0.2) is 45.1 Å². The number of nitrogens with two attached hydrogens (primary N) is 1. The molecule has 4 rings (SSSR count). The molecule has 37 heavy (non-hydrogen) atoms. The number of aromatic carboxylic acids is 1. The van der Waals surface area contributed by atoms with E-state index in [0.29, 0.717) is 53.1 Å². The maximum Gasteiger partial charge on any atom is 0.416 e. The quantitative estimate of drug-likeness (QED) is 0.303. The van der Waals surface area contributed by atoms with E-state index >= 15 is 0 Å².